The van der Waals surface area contributed by atoms with E-state index in [1.54, 1.807) is 0 Å². The third-order valence-corrected chi connectivity index (χ3v) is 3.82. The lowest BCUT2D eigenvalue weighted by atomic mass is 10.0. The maximum atomic E-state index is 6.45. The van der Waals surface area contributed by atoms with Gasteiger partial charge in [-0.15, -0.1) is 0 Å². The SMILES string of the molecule is CCCn1ccnc1C(N)C1CN(C)CCN1C. The van der Waals surface area contributed by atoms with E-state index in [9.17, 15) is 0 Å². The Bertz CT molecular complexity index is 375. The number of aryl methyl sites for hydroxylation is 1. The fourth-order valence-corrected chi connectivity index (χ4v) is 2.65. The first kappa shape index (κ1) is 13.5. The van der Waals surface area contributed by atoms with Gasteiger partial charge in [0.15, 0.2) is 0 Å². The first-order chi connectivity index (χ1) is 8.63. The lowest BCUT2D eigenvalue weighted by Crippen LogP contribution is -2.54. The minimum Gasteiger partial charge on any atom is -0.334 e. The first-order valence-electron chi connectivity index (χ1n) is 6.79. The molecular formula is C13H25N5. The second kappa shape index (κ2) is 5.82. The van der Waals surface area contributed by atoms with Gasteiger partial charge in [-0.1, -0.05) is 6.92 Å². The van der Waals surface area contributed by atoms with Crippen LogP contribution in [0.1, 0.15) is 25.2 Å². The lowest BCUT2D eigenvalue weighted by Gasteiger charge is -2.40. The average Bonchev–Trinajstić information content (AvgIpc) is 2.80. The zero-order chi connectivity index (χ0) is 13.1. The molecule has 5 nitrogen and oxygen atoms in total. The van der Waals surface area contributed by atoms with Gasteiger partial charge in [-0.25, -0.2) is 4.98 Å². The number of nitrogens with two attached hydrogens (primary N) is 1. The average molecular weight is 251 g/mol. The van der Waals surface area contributed by atoms with Crippen molar-refractivity contribution in [3.05, 3.63) is 18.2 Å². The smallest absolute Gasteiger partial charge is 0.127 e. The Labute approximate surface area is 110 Å². The summed E-state index contributed by atoms with van der Waals surface area (Å²) in [6.45, 7) is 6.37. The van der Waals surface area contributed by atoms with Crippen molar-refractivity contribution in [1.82, 2.24) is 19.4 Å². The summed E-state index contributed by atoms with van der Waals surface area (Å²) in [5, 5.41) is 0. The molecule has 2 unspecified atom stereocenters. The van der Waals surface area contributed by atoms with Crippen LogP contribution in [0, 0.1) is 0 Å². The van der Waals surface area contributed by atoms with Crippen molar-refractivity contribution in [3.63, 3.8) is 0 Å². The third-order valence-electron chi connectivity index (χ3n) is 3.82. The zero-order valence-corrected chi connectivity index (χ0v) is 11.7. The number of nitrogens with zero attached hydrogens (tertiary/aromatic N) is 4. The van der Waals surface area contributed by atoms with E-state index in [0.717, 1.165) is 38.4 Å². The molecule has 0 bridgehead atoms. The van der Waals surface area contributed by atoms with Gasteiger partial charge in [0.25, 0.3) is 0 Å². The number of piperazine rings is 1. The van der Waals surface area contributed by atoms with Gasteiger partial charge in [0, 0.05) is 44.6 Å². The topological polar surface area (TPSA) is 50.3 Å². The molecule has 0 spiro atoms. The van der Waals surface area contributed by atoms with Crippen LogP contribution >= 0.6 is 0 Å². The standard InChI is InChI=1S/C13H25N5/c1-4-6-18-7-5-15-13(18)12(14)11-10-16(2)8-9-17(11)3/h5,7,11-12H,4,6,8-10,14H2,1-3H3. The van der Waals surface area contributed by atoms with Crippen LogP contribution < -0.4 is 5.73 Å². The van der Waals surface area contributed by atoms with E-state index in [4.69, 9.17) is 5.73 Å². The van der Waals surface area contributed by atoms with Crippen LogP contribution in [0.5, 0.6) is 0 Å². The van der Waals surface area contributed by atoms with Crippen molar-refractivity contribution in [2.75, 3.05) is 33.7 Å². The lowest BCUT2D eigenvalue weighted by molar-refractivity contribution is 0.0946. The van der Waals surface area contributed by atoms with Crippen molar-refractivity contribution in [2.24, 2.45) is 5.73 Å². The molecule has 0 aliphatic carbocycles. The Morgan fingerprint density at radius 2 is 2.22 bits per heavy atom. The van der Waals surface area contributed by atoms with E-state index in [-0.39, 0.29) is 6.04 Å². The second-order valence-electron chi connectivity index (χ2n) is 5.31. The fourth-order valence-electron chi connectivity index (χ4n) is 2.65. The molecule has 1 fully saturated rings. The van der Waals surface area contributed by atoms with Crippen LogP contribution in [0.4, 0.5) is 0 Å². The first-order valence-corrected chi connectivity index (χ1v) is 6.79. The van der Waals surface area contributed by atoms with Gasteiger partial charge in [0.2, 0.25) is 0 Å². The molecule has 0 radical (unpaired) electrons. The van der Waals surface area contributed by atoms with E-state index in [1.807, 2.05) is 12.4 Å². The maximum Gasteiger partial charge on any atom is 0.127 e. The highest BCUT2D eigenvalue weighted by atomic mass is 15.3. The fraction of sp³-hybridized carbons (Fsp3) is 0.769. The van der Waals surface area contributed by atoms with E-state index < -0.39 is 0 Å². The molecule has 0 amide bonds. The van der Waals surface area contributed by atoms with E-state index in [1.165, 1.54) is 0 Å². The largest absolute Gasteiger partial charge is 0.334 e. The van der Waals surface area contributed by atoms with Crippen molar-refractivity contribution in [3.8, 4) is 0 Å². The molecule has 5 heteroatoms. The Balaban J connectivity index is 2.13. The van der Waals surface area contributed by atoms with Crippen molar-refractivity contribution < 1.29 is 0 Å². The molecule has 0 aromatic carbocycles. The Hall–Kier alpha value is -0.910. The van der Waals surface area contributed by atoms with E-state index in [2.05, 4.69) is 40.4 Å². The highest BCUT2D eigenvalue weighted by Gasteiger charge is 2.30. The number of imidazole rings is 1. The molecule has 1 aliphatic rings. The van der Waals surface area contributed by atoms with E-state index >= 15 is 0 Å². The second-order valence-corrected chi connectivity index (χ2v) is 5.31. The van der Waals surface area contributed by atoms with Gasteiger partial charge >= 0.3 is 0 Å². The monoisotopic (exact) mass is 251 g/mol. The van der Waals surface area contributed by atoms with Crippen molar-refractivity contribution in [2.45, 2.75) is 32.0 Å². The normalized spacial score (nSPS) is 24.3. The Kier molecular flexibility index (Phi) is 4.37. The van der Waals surface area contributed by atoms with Gasteiger partial charge in [-0.3, -0.25) is 4.90 Å². The summed E-state index contributed by atoms with van der Waals surface area (Å²) in [4.78, 5) is 9.16. The predicted molar refractivity (Wildman–Crippen MR) is 73.4 cm³/mol. The van der Waals surface area contributed by atoms with Gasteiger partial charge in [-0.2, -0.15) is 0 Å². The summed E-state index contributed by atoms with van der Waals surface area (Å²) in [5.74, 6) is 1.02. The molecule has 1 aromatic heterocycles. The van der Waals surface area contributed by atoms with Gasteiger partial charge in [0.05, 0.1) is 6.04 Å². The minimum absolute atomic E-state index is 0.0145. The van der Waals surface area contributed by atoms with Crippen LogP contribution in [0.3, 0.4) is 0 Å². The number of aromatic nitrogens is 2. The number of rotatable bonds is 4. The van der Waals surface area contributed by atoms with Crippen molar-refractivity contribution >= 4 is 0 Å². The molecule has 102 valence electrons. The van der Waals surface area contributed by atoms with Gasteiger partial charge in [0.1, 0.15) is 5.82 Å². The van der Waals surface area contributed by atoms with Crippen LogP contribution in [0.25, 0.3) is 0 Å². The summed E-state index contributed by atoms with van der Waals surface area (Å²) in [5.41, 5.74) is 6.45. The molecule has 1 aliphatic heterocycles. The highest BCUT2D eigenvalue weighted by Crippen LogP contribution is 2.20. The molecule has 2 rings (SSSR count). The third kappa shape index (κ3) is 2.74. The molecule has 0 saturated carbocycles. The number of hydrogen-bond acceptors (Lipinski definition) is 4. The van der Waals surface area contributed by atoms with Crippen LogP contribution in [0.15, 0.2) is 12.4 Å². The molecule has 2 atom stereocenters. The Morgan fingerprint density at radius 3 is 2.94 bits per heavy atom. The summed E-state index contributed by atoms with van der Waals surface area (Å²) >= 11 is 0. The molecule has 1 saturated heterocycles. The van der Waals surface area contributed by atoms with Gasteiger partial charge < -0.3 is 15.2 Å². The predicted octanol–water partition coefficient (Wildman–Crippen LogP) is 0.539. The molecule has 2 N–H and O–H groups in total. The number of hydrogen-bond donors (Lipinski definition) is 1. The van der Waals surface area contributed by atoms with E-state index in [0.29, 0.717) is 6.04 Å². The summed E-state index contributed by atoms with van der Waals surface area (Å²) in [6.07, 6.45) is 5.00. The number of likely N-dealkylation sites (N-methyl/N-ethyl adjacent to an activating group) is 2. The highest BCUT2D eigenvalue weighted by molar-refractivity contribution is 5.04. The van der Waals surface area contributed by atoms with Crippen LogP contribution in [0.2, 0.25) is 0 Å². The molecule has 2 heterocycles. The summed E-state index contributed by atoms with van der Waals surface area (Å²) < 4.78 is 2.19. The summed E-state index contributed by atoms with van der Waals surface area (Å²) in [7, 11) is 4.32. The van der Waals surface area contributed by atoms with Crippen molar-refractivity contribution in [1.29, 1.82) is 0 Å². The zero-order valence-electron chi connectivity index (χ0n) is 11.7. The molecule has 18 heavy (non-hydrogen) atoms. The molecule has 1 aromatic rings. The van der Waals surface area contributed by atoms with Crippen LogP contribution in [-0.4, -0.2) is 59.1 Å². The van der Waals surface area contributed by atoms with Gasteiger partial charge in [-0.05, 0) is 20.5 Å². The molecular weight excluding hydrogens is 226 g/mol. The minimum atomic E-state index is -0.0145. The maximum absolute atomic E-state index is 6.45. The Morgan fingerprint density at radius 1 is 1.44 bits per heavy atom. The summed E-state index contributed by atoms with van der Waals surface area (Å²) in [6, 6.07) is 0.334. The van der Waals surface area contributed by atoms with Crippen LogP contribution in [-0.2, 0) is 6.54 Å². The quantitative estimate of drug-likeness (QED) is 0.848.